The number of aromatic nitrogens is 6. The molecule has 0 amide bonds. The van der Waals surface area contributed by atoms with E-state index in [1.54, 1.807) is 18.0 Å². The molecule has 2 aromatic carbocycles. The molecule has 0 aliphatic carbocycles. The van der Waals surface area contributed by atoms with Crippen LogP contribution in [0.2, 0.25) is 0 Å². The van der Waals surface area contributed by atoms with E-state index in [0.29, 0.717) is 24.1 Å². The highest BCUT2D eigenvalue weighted by Gasteiger charge is 2.23. The first-order valence-electron chi connectivity index (χ1n) is 9.12. The van der Waals surface area contributed by atoms with E-state index in [0.717, 1.165) is 33.8 Å². The van der Waals surface area contributed by atoms with Crippen molar-refractivity contribution in [1.82, 2.24) is 30.2 Å². The van der Waals surface area contributed by atoms with Crippen LogP contribution in [0.4, 0.5) is 17.5 Å². The highest BCUT2D eigenvalue weighted by molar-refractivity contribution is 5.81. The zero-order valence-electron chi connectivity index (χ0n) is 15.9. The van der Waals surface area contributed by atoms with Gasteiger partial charge >= 0.3 is 0 Å². The van der Waals surface area contributed by atoms with Crippen molar-refractivity contribution in [3.05, 3.63) is 59.8 Å². The van der Waals surface area contributed by atoms with Gasteiger partial charge in [0.25, 0.3) is 0 Å². The smallest absolute Gasteiger partial charge is 0.224 e. The molecule has 0 atom stereocenters. The van der Waals surface area contributed by atoms with Crippen molar-refractivity contribution >= 4 is 17.5 Å². The lowest BCUT2D eigenvalue weighted by atomic mass is 10.1. The van der Waals surface area contributed by atoms with Crippen LogP contribution in [0.5, 0.6) is 5.75 Å². The third-order valence-corrected chi connectivity index (χ3v) is 4.68. The molecule has 3 heterocycles. The van der Waals surface area contributed by atoms with Crippen LogP contribution in [0.1, 0.15) is 11.1 Å². The van der Waals surface area contributed by atoms with Crippen LogP contribution in [-0.4, -0.2) is 37.3 Å². The average molecular weight is 386 g/mol. The van der Waals surface area contributed by atoms with Crippen LogP contribution < -0.4 is 15.4 Å². The molecule has 0 spiro atoms. The Kier molecular flexibility index (Phi) is 4.05. The summed E-state index contributed by atoms with van der Waals surface area (Å²) in [5, 5.41) is 18.7. The van der Waals surface area contributed by atoms with E-state index in [-0.39, 0.29) is 0 Å². The van der Waals surface area contributed by atoms with Gasteiger partial charge in [0.05, 0.1) is 24.0 Å². The van der Waals surface area contributed by atoms with Crippen molar-refractivity contribution in [3.8, 4) is 22.8 Å². The topological polar surface area (TPSA) is 103 Å². The molecule has 0 unspecified atom stereocenters. The lowest BCUT2D eigenvalue weighted by Crippen LogP contribution is -2.06. The monoisotopic (exact) mass is 386 g/mol. The van der Waals surface area contributed by atoms with E-state index in [4.69, 9.17) is 4.74 Å². The fraction of sp³-hybridized carbons (Fsp3) is 0.150. The first kappa shape index (κ1) is 17.1. The third kappa shape index (κ3) is 3.12. The molecule has 9 heteroatoms. The standard InChI is InChI=1S/C20H18N8O/c1-12-7-13(9-14(8-12)29-2)10-21-20-22-11-15-18(24-20)23-16-5-3-4-6-17(16)28-19(15)25-26-27-28/h3-9,11H,10H2,1-2H3,(H2,21,22,23,24). The fourth-order valence-electron chi connectivity index (χ4n) is 3.36. The lowest BCUT2D eigenvalue weighted by molar-refractivity contribution is 0.414. The molecule has 2 aromatic heterocycles. The number of anilines is 3. The first-order valence-corrected chi connectivity index (χ1v) is 9.12. The van der Waals surface area contributed by atoms with E-state index in [1.165, 1.54) is 0 Å². The van der Waals surface area contributed by atoms with Crippen LogP contribution in [0, 0.1) is 6.92 Å². The molecule has 144 valence electrons. The predicted molar refractivity (Wildman–Crippen MR) is 109 cm³/mol. The maximum absolute atomic E-state index is 5.34. The molecule has 0 fully saturated rings. The number of hydrogen-bond donors (Lipinski definition) is 2. The largest absolute Gasteiger partial charge is 0.497 e. The van der Waals surface area contributed by atoms with E-state index in [1.807, 2.05) is 43.3 Å². The van der Waals surface area contributed by atoms with Gasteiger partial charge in [0.15, 0.2) is 5.82 Å². The van der Waals surface area contributed by atoms with Crippen molar-refractivity contribution in [2.75, 3.05) is 17.7 Å². The summed E-state index contributed by atoms with van der Waals surface area (Å²) in [5.41, 5.74) is 4.67. The van der Waals surface area contributed by atoms with Crippen LogP contribution in [-0.2, 0) is 6.54 Å². The van der Waals surface area contributed by atoms with Crippen molar-refractivity contribution in [3.63, 3.8) is 0 Å². The summed E-state index contributed by atoms with van der Waals surface area (Å²) in [6.45, 7) is 2.61. The molecule has 0 radical (unpaired) electrons. The number of benzene rings is 2. The Morgan fingerprint density at radius 2 is 2.07 bits per heavy atom. The van der Waals surface area contributed by atoms with Gasteiger partial charge in [-0.2, -0.15) is 9.67 Å². The molecule has 0 saturated carbocycles. The van der Waals surface area contributed by atoms with Gasteiger partial charge in [-0.05, 0) is 52.7 Å². The zero-order chi connectivity index (χ0) is 19.8. The van der Waals surface area contributed by atoms with Gasteiger partial charge in [-0.1, -0.05) is 18.2 Å². The molecule has 9 nitrogen and oxygen atoms in total. The van der Waals surface area contributed by atoms with Gasteiger partial charge in [-0.15, -0.1) is 5.10 Å². The summed E-state index contributed by atoms with van der Waals surface area (Å²) >= 11 is 0. The Balaban J connectivity index is 1.47. The van der Waals surface area contributed by atoms with Gasteiger partial charge < -0.3 is 15.4 Å². The molecule has 0 bridgehead atoms. The minimum absolute atomic E-state index is 0.509. The number of nitrogens with one attached hydrogen (secondary N) is 2. The SMILES string of the molecule is COc1cc(C)cc(CNc2ncc3c(n2)Nc2ccccc2-n2nnnc2-3)c1. The minimum atomic E-state index is 0.509. The molecule has 29 heavy (non-hydrogen) atoms. The predicted octanol–water partition coefficient (Wildman–Crippen LogP) is 3.11. The average Bonchev–Trinajstić information content (AvgIpc) is 3.17. The molecular formula is C20H18N8O. The Hall–Kier alpha value is -4.01. The molecular weight excluding hydrogens is 368 g/mol. The number of rotatable bonds is 4. The normalized spacial score (nSPS) is 11.5. The summed E-state index contributed by atoms with van der Waals surface area (Å²) in [4.78, 5) is 9.11. The summed E-state index contributed by atoms with van der Waals surface area (Å²) in [7, 11) is 1.67. The van der Waals surface area contributed by atoms with E-state index < -0.39 is 0 Å². The number of methoxy groups -OCH3 is 1. The Labute approximate surface area is 166 Å². The maximum Gasteiger partial charge on any atom is 0.224 e. The lowest BCUT2D eigenvalue weighted by Gasteiger charge is -2.11. The Morgan fingerprint density at radius 1 is 1.17 bits per heavy atom. The van der Waals surface area contributed by atoms with Crippen LogP contribution in [0.3, 0.4) is 0 Å². The minimum Gasteiger partial charge on any atom is -0.497 e. The highest BCUT2D eigenvalue weighted by atomic mass is 16.5. The summed E-state index contributed by atoms with van der Waals surface area (Å²) in [6, 6.07) is 13.9. The fourth-order valence-corrected chi connectivity index (χ4v) is 3.36. The second kappa shape index (κ2) is 6.86. The second-order valence-electron chi connectivity index (χ2n) is 6.72. The molecule has 5 rings (SSSR count). The quantitative estimate of drug-likeness (QED) is 0.486. The molecule has 4 aromatic rings. The van der Waals surface area contributed by atoms with Crippen LogP contribution in [0.25, 0.3) is 17.1 Å². The molecule has 2 N–H and O–H groups in total. The van der Waals surface area contributed by atoms with Crippen molar-refractivity contribution in [1.29, 1.82) is 0 Å². The Morgan fingerprint density at radius 3 is 2.97 bits per heavy atom. The highest BCUT2D eigenvalue weighted by Crippen LogP contribution is 2.35. The van der Waals surface area contributed by atoms with Crippen molar-refractivity contribution in [2.45, 2.75) is 13.5 Å². The number of nitrogens with zero attached hydrogens (tertiary/aromatic N) is 6. The van der Waals surface area contributed by atoms with E-state index in [9.17, 15) is 0 Å². The third-order valence-electron chi connectivity index (χ3n) is 4.68. The number of para-hydroxylation sites is 2. The van der Waals surface area contributed by atoms with Crippen LogP contribution in [0.15, 0.2) is 48.7 Å². The Bertz CT molecular complexity index is 1200. The van der Waals surface area contributed by atoms with Crippen molar-refractivity contribution < 1.29 is 4.74 Å². The first-order chi connectivity index (χ1) is 14.2. The molecule has 1 aliphatic rings. The number of ether oxygens (including phenoxy) is 1. The van der Waals surface area contributed by atoms with E-state index >= 15 is 0 Å². The van der Waals surface area contributed by atoms with Gasteiger partial charge in [0.1, 0.15) is 11.6 Å². The number of tetrazole rings is 1. The van der Waals surface area contributed by atoms with Crippen LogP contribution >= 0.6 is 0 Å². The van der Waals surface area contributed by atoms with Gasteiger partial charge in [-0.3, -0.25) is 0 Å². The summed E-state index contributed by atoms with van der Waals surface area (Å²) < 4.78 is 7.03. The van der Waals surface area contributed by atoms with Gasteiger partial charge in [-0.25, -0.2) is 4.98 Å². The zero-order valence-corrected chi connectivity index (χ0v) is 15.9. The molecule has 1 aliphatic heterocycles. The summed E-state index contributed by atoms with van der Waals surface area (Å²) in [5.74, 6) is 2.57. The van der Waals surface area contributed by atoms with E-state index in [2.05, 4.69) is 42.2 Å². The number of hydrogen-bond acceptors (Lipinski definition) is 8. The second-order valence-corrected chi connectivity index (χ2v) is 6.72. The van der Waals surface area contributed by atoms with Gasteiger partial charge in [0.2, 0.25) is 5.95 Å². The van der Waals surface area contributed by atoms with Gasteiger partial charge in [0, 0.05) is 12.7 Å². The number of aryl methyl sites for hydroxylation is 1. The maximum atomic E-state index is 5.34. The molecule has 0 saturated heterocycles. The summed E-state index contributed by atoms with van der Waals surface area (Å²) in [6.07, 6.45) is 1.72. The number of fused-ring (bicyclic) bond motifs is 5. The van der Waals surface area contributed by atoms with Crippen molar-refractivity contribution in [2.24, 2.45) is 0 Å².